The van der Waals surface area contributed by atoms with E-state index in [0.717, 1.165) is 11.1 Å². The molecule has 0 aliphatic heterocycles. The van der Waals surface area contributed by atoms with Crippen molar-refractivity contribution in [3.63, 3.8) is 0 Å². The summed E-state index contributed by atoms with van der Waals surface area (Å²) < 4.78 is 0. The highest BCUT2D eigenvalue weighted by Crippen LogP contribution is 2.33. The van der Waals surface area contributed by atoms with E-state index in [1.807, 2.05) is 54.6 Å². The first-order chi connectivity index (χ1) is 9.66. The smallest absolute Gasteiger partial charge is 0.219 e. The van der Waals surface area contributed by atoms with Crippen LogP contribution in [0.1, 0.15) is 16.4 Å². The molecule has 0 saturated carbocycles. The molecule has 1 atom stereocenters. The molecular formula is C15H14ClNO2S. The lowest BCUT2D eigenvalue weighted by atomic mass is 10.1. The third-order valence-electron chi connectivity index (χ3n) is 2.88. The first kappa shape index (κ1) is 14.9. The summed E-state index contributed by atoms with van der Waals surface area (Å²) in [6.45, 7) is -0.0842. The van der Waals surface area contributed by atoms with Gasteiger partial charge in [0.2, 0.25) is 6.54 Å². The quantitative estimate of drug-likeness (QED) is 0.579. The van der Waals surface area contributed by atoms with Crippen LogP contribution < -0.4 is 0 Å². The van der Waals surface area contributed by atoms with Crippen molar-refractivity contribution in [2.45, 2.75) is 11.0 Å². The van der Waals surface area contributed by atoms with Crippen LogP contribution in [0, 0.1) is 10.1 Å². The van der Waals surface area contributed by atoms with Gasteiger partial charge in [-0.15, -0.1) is 11.8 Å². The van der Waals surface area contributed by atoms with E-state index < -0.39 is 0 Å². The summed E-state index contributed by atoms with van der Waals surface area (Å²) >= 11 is 7.66. The van der Waals surface area contributed by atoms with E-state index in [1.165, 1.54) is 0 Å². The summed E-state index contributed by atoms with van der Waals surface area (Å²) in [5, 5.41) is 11.4. The number of hydrogen-bond donors (Lipinski definition) is 0. The molecule has 20 heavy (non-hydrogen) atoms. The fourth-order valence-corrected chi connectivity index (χ4v) is 3.35. The first-order valence-corrected chi connectivity index (χ1v) is 7.61. The molecule has 0 bridgehead atoms. The zero-order chi connectivity index (χ0) is 14.4. The van der Waals surface area contributed by atoms with Gasteiger partial charge in [0.05, 0.1) is 5.25 Å². The maximum atomic E-state index is 10.8. The molecule has 0 spiro atoms. The van der Waals surface area contributed by atoms with Crippen LogP contribution >= 0.6 is 23.4 Å². The van der Waals surface area contributed by atoms with Crippen molar-refractivity contribution in [2.75, 3.05) is 6.54 Å². The summed E-state index contributed by atoms with van der Waals surface area (Å²) in [5.74, 6) is 0.660. The number of hydrogen-bond acceptors (Lipinski definition) is 3. The summed E-state index contributed by atoms with van der Waals surface area (Å²) in [6, 6.07) is 17.1. The minimum atomic E-state index is -0.267. The van der Waals surface area contributed by atoms with Gasteiger partial charge in [-0.05, 0) is 17.2 Å². The highest BCUT2D eigenvalue weighted by Gasteiger charge is 2.18. The topological polar surface area (TPSA) is 43.1 Å². The van der Waals surface area contributed by atoms with Gasteiger partial charge in [0.25, 0.3) is 0 Å². The van der Waals surface area contributed by atoms with Gasteiger partial charge in [-0.25, -0.2) is 0 Å². The number of nitro groups is 1. The Morgan fingerprint density at radius 1 is 1.10 bits per heavy atom. The minimum Gasteiger partial charge on any atom is -0.264 e. The third-order valence-corrected chi connectivity index (χ3v) is 4.55. The van der Waals surface area contributed by atoms with E-state index in [9.17, 15) is 10.1 Å². The number of halogens is 1. The van der Waals surface area contributed by atoms with Crippen molar-refractivity contribution < 1.29 is 4.92 Å². The van der Waals surface area contributed by atoms with Crippen molar-refractivity contribution in [1.29, 1.82) is 0 Å². The second-order valence-electron chi connectivity index (χ2n) is 4.32. The molecule has 0 N–H and O–H groups in total. The van der Waals surface area contributed by atoms with E-state index in [2.05, 4.69) is 0 Å². The molecule has 2 aromatic rings. The molecule has 3 nitrogen and oxygen atoms in total. The van der Waals surface area contributed by atoms with Crippen molar-refractivity contribution in [3.8, 4) is 0 Å². The molecule has 0 aliphatic rings. The molecule has 0 amide bonds. The molecule has 0 aliphatic carbocycles. The number of nitrogens with zero attached hydrogens (tertiary/aromatic N) is 1. The van der Waals surface area contributed by atoms with E-state index in [0.29, 0.717) is 10.8 Å². The second kappa shape index (κ2) is 7.31. The van der Waals surface area contributed by atoms with Gasteiger partial charge in [-0.2, -0.15) is 0 Å². The fourth-order valence-electron chi connectivity index (χ4n) is 1.86. The molecule has 0 unspecified atom stereocenters. The summed E-state index contributed by atoms with van der Waals surface area (Å²) in [6.07, 6.45) is 0. The van der Waals surface area contributed by atoms with E-state index in [4.69, 9.17) is 11.6 Å². The first-order valence-electron chi connectivity index (χ1n) is 6.18. The summed E-state index contributed by atoms with van der Waals surface area (Å²) in [4.78, 5) is 10.6. The van der Waals surface area contributed by atoms with Gasteiger partial charge in [-0.3, -0.25) is 10.1 Å². The lowest BCUT2D eigenvalue weighted by Crippen LogP contribution is -2.10. The summed E-state index contributed by atoms with van der Waals surface area (Å²) in [7, 11) is 0. The molecule has 0 radical (unpaired) electrons. The van der Waals surface area contributed by atoms with Gasteiger partial charge < -0.3 is 0 Å². The van der Waals surface area contributed by atoms with Gasteiger partial charge >= 0.3 is 0 Å². The van der Waals surface area contributed by atoms with Gasteiger partial charge in [-0.1, -0.05) is 60.1 Å². The lowest BCUT2D eigenvalue weighted by Gasteiger charge is -2.13. The Balaban J connectivity index is 2.09. The van der Waals surface area contributed by atoms with Gasteiger partial charge in [0, 0.05) is 15.7 Å². The van der Waals surface area contributed by atoms with Crippen LogP contribution in [-0.2, 0) is 5.75 Å². The molecule has 2 rings (SSSR count). The molecule has 5 heteroatoms. The van der Waals surface area contributed by atoms with Crippen LogP contribution in [0.25, 0.3) is 0 Å². The molecule has 104 valence electrons. The molecule has 0 heterocycles. The van der Waals surface area contributed by atoms with E-state index in [1.54, 1.807) is 11.8 Å². The average molecular weight is 308 g/mol. The number of thioether (sulfide) groups is 1. The Labute approximate surface area is 127 Å². The molecule has 0 saturated heterocycles. The number of benzene rings is 2. The van der Waals surface area contributed by atoms with Crippen LogP contribution in [0.5, 0.6) is 0 Å². The van der Waals surface area contributed by atoms with E-state index >= 15 is 0 Å². The molecule has 0 aromatic heterocycles. The molecule has 2 aromatic carbocycles. The van der Waals surface area contributed by atoms with Crippen molar-refractivity contribution in [1.82, 2.24) is 0 Å². The largest absolute Gasteiger partial charge is 0.264 e. The van der Waals surface area contributed by atoms with E-state index in [-0.39, 0.29) is 16.7 Å². The van der Waals surface area contributed by atoms with Crippen LogP contribution in [0.15, 0.2) is 54.6 Å². The Morgan fingerprint density at radius 3 is 2.40 bits per heavy atom. The normalized spacial score (nSPS) is 12.1. The minimum absolute atomic E-state index is 0.0842. The van der Waals surface area contributed by atoms with Gasteiger partial charge in [0.15, 0.2) is 0 Å². The number of rotatable bonds is 6. The van der Waals surface area contributed by atoms with Crippen LogP contribution in [0.4, 0.5) is 0 Å². The highest BCUT2D eigenvalue weighted by atomic mass is 35.5. The SMILES string of the molecule is O=[N+]([O-])C[C@@H](SCc1ccccc1Cl)c1ccccc1. The third kappa shape index (κ3) is 4.25. The Morgan fingerprint density at radius 2 is 1.75 bits per heavy atom. The van der Waals surface area contributed by atoms with Crippen molar-refractivity contribution >= 4 is 23.4 Å². The zero-order valence-electron chi connectivity index (χ0n) is 10.7. The predicted molar refractivity (Wildman–Crippen MR) is 83.8 cm³/mol. The Hall–Kier alpha value is -1.52. The molecular weight excluding hydrogens is 294 g/mol. The van der Waals surface area contributed by atoms with Gasteiger partial charge in [0.1, 0.15) is 0 Å². The zero-order valence-corrected chi connectivity index (χ0v) is 12.3. The fraction of sp³-hybridized carbons (Fsp3) is 0.200. The molecule has 0 fully saturated rings. The van der Waals surface area contributed by atoms with Crippen LogP contribution in [-0.4, -0.2) is 11.5 Å². The summed E-state index contributed by atoms with van der Waals surface area (Å²) in [5.41, 5.74) is 1.98. The maximum absolute atomic E-state index is 10.8. The standard InChI is InChI=1S/C15H14ClNO2S/c16-14-9-5-4-8-13(14)11-20-15(10-17(18)19)12-6-2-1-3-7-12/h1-9,15H,10-11H2/t15-/m1/s1. The maximum Gasteiger partial charge on any atom is 0.219 e. The Kier molecular flexibility index (Phi) is 5.44. The monoisotopic (exact) mass is 307 g/mol. The lowest BCUT2D eigenvalue weighted by molar-refractivity contribution is -0.479. The second-order valence-corrected chi connectivity index (χ2v) is 5.92. The van der Waals surface area contributed by atoms with Crippen molar-refractivity contribution in [2.24, 2.45) is 0 Å². The van der Waals surface area contributed by atoms with Crippen LogP contribution in [0.3, 0.4) is 0 Å². The predicted octanol–water partition coefficient (Wildman–Crippen LogP) is 4.59. The van der Waals surface area contributed by atoms with Crippen LogP contribution in [0.2, 0.25) is 5.02 Å². The average Bonchev–Trinajstić information content (AvgIpc) is 2.45. The van der Waals surface area contributed by atoms with Crippen molar-refractivity contribution in [3.05, 3.63) is 80.9 Å². The Bertz CT molecular complexity index is 577. The highest BCUT2D eigenvalue weighted by molar-refractivity contribution is 7.98.